The molecule has 132 valence electrons. The smallest absolute Gasteiger partial charge is 0.278 e. The molecule has 0 aliphatic heterocycles. The van der Waals surface area contributed by atoms with Crippen molar-refractivity contribution in [2.45, 2.75) is 0 Å². The van der Waals surface area contributed by atoms with E-state index in [2.05, 4.69) is 4.98 Å². The van der Waals surface area contributed by atoms with E-state index >= 15 is 0 Å². The largest absolute Gasteiger partial charge is 0.464 e. The van der Waals surface area contributed by atoms with Crippen molar-refractivity contribution in [3.8, 4) is 22.5 Å². The molecule has 0 N–H and O–H groups in total. The van der Waals surface area contributed by atoms with Gasteiger partial charge in [0.05, 0.1) is 27.0 Å². The van der Waals surface area contributed by atoms with E-state index in [0.29, 0.717) is 33.4 Å². The second-order valence-electron chi connectivity index (χ2n) is 5.76. The maximum absolute atomic E-state index is 11.3. The second kappa shape index (κ2) is 6.34. The fraction of sp³-hybridized carbons (Fsp3) is 0. The average Bonchev–Trinajstić information content (AvgIpc) is 3.16. The van der Waals surface area contributed by atoms with Gasteiger partial charge in [0, 0.05) is 41.1 Å². The second-order valence-corrected chi connectivity index (χ2v) is 5.76. The standard InChI is InChI=1S/C19H11N3O5/c23-21(24)13-5-3-12(4-6-13)19-15(9-11-27-19)14-7-8-17(22(25)26)16-2-1-10-20-18(14)16/h1-11H. The number of pyridine rings is 1. The Hall–Kier alpha value is -4.07. The predicted molar refractivity (Wildman–Crippen MR) is 98.2 cm³/mol. The molecule has 0 bridgehead atoms. The van der Waals surface area contributed by atoms with Crippen LogP contribution in [0.2, 0.25) is 0 Å². The Kier molecular flexibility index (Phi) is 3.85. The molecule has 8 heteroatoms. The van der Waals surface area contributed by atoms with Crippen molar-refractivity contribution in [3.05, 3.63) is 87.3 Å². The number of furan rings is 1. The Morgan fingerprint density at radius 1 is 0.852 bits per heavy atom. The molecule has 0 saturated heterocycles. The minimum absolute atomic E-state index is 0.0192. The maximum atomic E-state index is 11.3. The van der Waals surface area contributed by atoms with Crippen LogP contribution in [-0.2, 0) is 0 Å². The number of rotatable bonds is 4. The first-order valence-electron chi connectivity index (χ1n) is 7.91. The van der Waals surface area contributed by atoms with Crippen molar-refractivity contribution in [2.24, 2.45) is 0 Å². The number of nitro groups is 2. The fourth-order valence-corrected chi connectivity index (χ4v) is 3.01. The van der Waals surface area contributed by atoms with Crippen LogP contribution < -0.4 is 0 Å². The molecule has 0 radical (unpaired) electrons. The van der Waals surface area contributed by atoms with Gasteiger partial charge in [-0.1, -0.05) is 0 Å². The normalized spacial score (nSPS) is 10.8. The molecule has 4 rings (SSSR count). The summed E-state index contributed by atoms with van der Waals surface area (Å²) in [6.07, 6.45) is 3.07. The van der Waals surface area contributed by atoms with Gasteiger partial charge in [-0.2, -0.15) is 0 Å². The topological polar surface area (TPSA) is 112 Å². The molecule has 0 fully saturated rings. The van der Waals surface area contributed by atoms with Gasteiger partial charge < -0.3 is 4.42 Å². The van der Waals surface area contributed by atoms with E-state index in [0.717, 1.165) is 0 Å². The minimum Gasteiger partial charge on any atom is -0.464 e. The SMILES string of the molecule is O=[N+]([O-])c1ccc(-c2occc2-c2ccc([N+](=O)[O-])c3cccnc23)cc1. The van der Waals surface area contributed by atoms with Crippen molar-refractivity contribution >= 4 is 22.3 Å². The number of non-ortho nitro benzene ring substituents is 2. The number of benzene rings is 2. The van der Waals surface area contributed by atoms with Crippen LogP contribution >= 0.6 is 0 Å². The lowest BCUT2D eigenvalue weighted by molar-refractivity contribution is -0.384. The lowest BCUT2D eigenvalue weighted by Gasteiger charge is -2.07. The summed E-state index contributed by atoms with van der Waals surface area (Å²) in [5, 5.41) is 22.6. The summed E-state index contributed by atoms with van der Waals surface area (Å²) in [6.45, 7) is 0. The zero-order valence-electron chi connectivity index (χ0n) is 13.7. The summed E-state index contributed by atoms with van der Waals surface area (Å²) in [5.41, 5.74) is 2.47. The third-order valence-electron chi connectivity index (χ3n) is 4.24. The Bertz CT molecular complexity index is 1180. The highest BCUT2D eigenvalue weighted by molar-refractivity contribution is 6.01. The number of hydrogen-bond acceptors (Lipinski definition) is 6. The van der Waals surface area contributed by atoms with E-state index in [9.17, 15) is 20.2 Å². The summed E-state index contributed by atoms with van der Waals surface area (Å²) in [6, 6.07) is 14.1. The summed E-state index contributed by atoms with van der Waals surface area (Å²) in [5.74, 6) is 0.505. The number of fused-ring (bicyclic) bond motifs is 1. The average molecular weight is 361 g/mol. The molecular formula is C19H11N3O5. The first-order valence-corrected chi connectivity index (χ1v) is 7.91. The molecule has 8 nitrogen and oxygen atoms in total. The molecule has 0 aliphatic rings. The van der Waals surface area contributed by atoms with Crippen molar-refractivity contribution in [2.75, 3.05) is 0 Å². The van der Waals surface area contributed by atoms with Crippen molar-refractivity contribution in [3.63, 3.8) is 0 Å². The highest BCUT2D eigenvalue weighted by Gasteiger charge is 2.19. The quantitative estimate of drug-likeness (QED) is 0.374. The van der Waals surface area contributed by atoms with Gasteiger partial charge in [-0.3, -0.25) is 25.2 Å². The van der Waals surface area contributed by atoms with Crippen LogP contribution in [0, 0.1) is 20.2 Å². The minimum atomic E-state index is -0.472. The number of nitro benzene ring substituents is 2. The molecule has 2 aromatic carbocycles. The summed E-state index contributed by atoms with van der Waals surface area (Å²) in [4.78, 5) is 25.5. The van der Waals surface area contributed by atoms with Crippen LogP contribution in [0.4, 0.5) is 11.4 Å². The first kappa shape index (κ1) is 16.4. The zero-order chi connectivity index (χ0) is 19.0. The van der Waals surface area contributed by atoms with Gasteiger partial charge >= 0.3 is 0 Å². The first-order chi connectivity index (χ1) is 13.1. The van der Waals surface area contributed by atoms with E-state index in [-0.39, 0.29) is 11.4 Å². The molecule has 2 aromatic heterocycles. The molecule has 0 aliphatic carbocycles. The zero-order valence-corrected chi connectivity index (χ0v) is 13.7. The fourth-order valence-electron chi connectivity index (χ4n) is 3.01. The summed E-state index contributed by atoms with van der Waals surface area (Å²) in [7, 11) is 0. The van der Waals surface area contributed by atoms with Gasteiger partial charge in [-0.15, -0.1) is 0 Å². The maximum Gasteiger partial charge on any atom is 0.278 e. The van der Waals surface area contributed by atoms with E-state index in [1.165, 1.54) is 24.5 Å². The van der Waals surface area contributed by atoms with Gasteiger partial charge in [-0.25, -0.2) is 0 Å². The molecule has 2 heterocycles. The Morgan fingerprint density at radius 3 is 2.33 bits per heavy atom. The summed E-state index contributed by atoms with van der Waals surface area (Å²) >= 11 is 0. The third-order valence-corrected chi connectivity index (χ3v) is 4.24. The van der Waals surface area contributed by atoms with E-state index in [1.807, 2.05) is 0 Å². The predicted octanol–water partition coefficient (Wildman–Crippen LogP) is 4.98. The van der Waals surface area contributed by atoms with Gasteiger partial charge in [0.2, 0.25) is 0 Å². The molecule has 4 aromatic rings. The van der Waals surface area contributed by atoms with Gasteiger partial charge in [0.25, 0.3) is 11.4 Å². The molecule has 0 spiro atoms. The van der Waals surface area contributed by atoms with E-state index < -0.39 is 9.85 Å². The number of hydrogen-bond donors (Lipinski definition) is 0. The Morgan fingerprint density at radius 2 is 1.63 bits per heavy atom. The molecule has 27 heavy (non-hydrogen) atoms. The van der Waals surface area contributed by atoms with Gasteiger partial charge in [0.1, 0.15) is 5.76 Å². The van der Waals surface area contributed by atoms with E-state index in [1.54, 1.807) is 42.6 Å². The van der Waals surface area contributed by atoms with Crippen LogP contribution in [-0.4, -0.2) is 14.8 Å². The van der Waals surface area contributed by atoms with Gasteiger partial charge in [-0.05, 0) is 36.4 Å². The van der Waals surface area contributed by atoms with Crippen LogP contribution in [0.15, 0.2) is 71.5 Å². The molecule has 0 atom stereocenters. The van der Waals surface area contributed by atoms with Crippen molar-refractivity contribution in [1.29, 1.82) is 0 Å². The molecule has 0 saturated carbocycles. The molecule has 0 unspecified atom stereocenters. The van der Waals surface area contributed by atoms with Crippen LogP contribution in [0.5, 0.6) is 0 Å². The lowest BCUT2D eigenvalue weighted by Crippen LogP contribution is -1.93. The van der Waals surface area contributed by atoms with Crippen molar-refractivity contribution in [1.82, 2.24) is 4.98 Å². The Labute approximate surface area is 152 Å². The molecule has 0 amide bonds. The highest BCUT2D eigenvalue weighted by atomic mass is 16.6. The number of aromatic nitrogens is 1. The monoisotopic (exact) mass is 361 g/mol. The lowest BCUT2D eigenvalue weighted by atomic mass is 9.98. The van der Waals surface area contributed by atoms with Crippen LogP contribution in [0.3, 0.4) is 0 Å². The van der Waals surface area contributed by atoms with E-state index in [4.69, 9.17) is 4.42 Å². The van der Waals surface area contributed by atoms with Crippen molar-refractivity contribution < 1.29 is 14.3 Å². The van der Waals surface area contributed by atoms with Crippen LogP contribution in [0.25, 0.3) is 33.4 Å². The van der Waals surface area contributed by atoms with Crippen LogP contribution in [0.1, 0.15) is 0 Å². The highest BCUT2D eigenvalue weighted by Crippen LogP contribution is 2.39. The third kappa shape index (κ3) is 2.78. The summed E-state index contributed by atoms with van der Waals surface area (Å²) < 4.78 is 5.60. The molecular weight excluding hydrogens is 350 g/mol. The number of nitrogens with zero attached hydrogens (tertiary/aromatic N) is 3. The Balaban J connectivity index is 1.89. The van der Waals surface area contributed by atoms with Gasteiger partial charge in [0.15, 0.2) is 0 Å².